The Morgan fingerprint density at radius 3 is 2.93 bits per heavy atom. The normalized spacial score (nSPS) is 20.9. The van der Waals surface area contributed by atoms with Gasteiger partial charge in [-0.25, -0.2) is 4.79 Å². The lowest BCUT2D eigenvalue weighted by molar-refractivity contribution is -0.182. The molecule has 6 nitrogen and oxygen atoms in total. The van der Waals surface area contributed by atoms with Crippen LogP contribution in [0.4, 0.5) is 8.78 Å². The van der Waals surface area contributed by atoms with E-state index in [4.69, 9.17) is 21.1 Å². The minimum atomic E-state index is -3.01. The van der Waals surface area contributed by atoms with Crippen molar-refractivity contribution in [3.63, 3.8) is 0 Å². The molecule has 28 heavy (non-hydrogen) atoms. The predicted octanol–water partition coefficient (Wildman–Crippen LogP) is 3.91. The maximum Gasteiger partial charge on any atom is 0.359 e. The van der Waals surface area contributed by atoms with Crippen molar-refractivity contribution in [1.82, 2.24) is 15.1 Å². The zero-order chi connectivity index (χ0) is 19.9. The highest BCUT2D eigenvalue weighted by Gasteiger charge is 2.51. The number of hydrogen-bond donors (Lipinski definition) is 1. The van der Waals surface area contributed by atoms with E-state index in [1.165, 1.54) is 17.4 Å². The average Bonchev–Trinajstić information content (AvgIpc) is 3.28. The minimum Gasteiger partial charge on any atom is -0.461 e. The topological polar surface area (TPSA) is 67.5 Å². The lowest BCUT2D eigenvalue weighted by Gasteiger charge is -2.45. The Bertz CT molecular complexity index is 877. The van der Waals surface area contributed by atoms with Gasteiger partial charge in [0.05, 0.1) is 10.9 Å². The number of alkyl halides is 2. The van der Waals surface area contributed by atoms with Gasteiger partial charge >= 0.3 is 5.97 Å². The van der Waals surface area contributed by atoms with Crippen LogP contribution in [0.25, 0.3) is 0 Å². The van der Waals surface area contributed by atoms with Crippen LogP contribution in [0.2, 0.25) is 4.34 Å². The van der Waals surface area contributed by atoms with E-state index < -0.39 is 24.1 Å². The third-order valence-electron chi connectivity index (χ3n) is 5.29. The molecule has 1 fully saturated rings. The molecular formula is C18H20ClF2N3O3S. The number of nitrogens with zero attached hydrogens (tertiary/aromatic N) is 2. The number of likely N-dealkylation sites (tertiary alicyclic amines) is 1. The van der Waals surface area contributed by atoms with Gasteiger partial charge in [0.25, 0.3) is 5.92 Å². The van der Waals surface area contributed by atoms with E-state index in [-0.39, 0.29) is 17.9 Å². The third kappa shape index (κ3) is 3.45. The largest absolute Gasteiger partial charge is 0.461 e. The first-order chi connectivity index (χ1) is 13.3. The molecule has 4 rings (SSSR count). The van der Waals surface area contributed by atoms with Gasteiger partial charge in [0.15, 0.2) is 5.69 Å². The molecule has 0 unspecified atom stereocenters. The molecule has 2 aliphatic rings. The van der Waals surface area contributed by atoms with Crippen LogP contribution in [0.15, 0.2) is 12.3 Å². The Labute approximate surface area is 169 Å². The Balaban J connectivity index is 1.47. The van der Waals surface area contributed by atoms with Crippen molar-refractivity contribution in [3.05, 3.63) is 38.3 Å². The minimum absolute atomic E-state index is 0.00151. The highest BCUT2D eigenvalue weighted by atomic mass is 35.5. The first-order valence-corrected chi connectivity index (χ1v) is 10.3. The van der Waals surface area contributed by atoms with Gasteiger partial charge in [0.1, 0.15) is 12.2 Å². The van der Waals surface area contributed by atoms with Gasteiger partial charge in [-0.15, -0.1) is 11.3 Å². The summed E-state index contributed by atoms with van der Waals surface area (Å²) < 4.78 is 39.5. The van der Waals surface area contributed by atoms with E-state index >= 15 is 0 Å². The second-order valence-electron chi connectivity index (χ2n) is 7.04. The molecule has 152 valence electrons. The Morgan fingerprint density at radius 1 is 1.46 bits per heavy atom. The zero-order valence-electron chi connectivity index (χ0n) is 15.3. The lowest BCUT2D eigenvalue weighted by Crippen LogP contribution is -2.48. The summed E-state index contributed by atoms with van der Waals surface area (Å²) in [6.45, 7) is 3.22. The number of rotatable bonds is 4. The van der Waals surface area contributed by atoms with E-state index in [1.807, 2.05) is 0 Å². The zero-order valence-corrected chi connectivity index (χ0v) is 16.8. The molecule has 2 aliphatic heterocycles. The fourth-order valence-corrected chi connectivity index (χ4v) is 5.32. The molecule has 0 aliphatic carbocycles. The summed E-state index contributed by atoms with van der Waals surface area (Å²) in [5.41, 5.74) is 0.320. The molecule has 0 radical (unpaired) electrons. The second-order valence-corrected chi connectivity index (χ2v) is 8.72. The second kappa shape index (κ2) is 7.37. The van der Waals surface area contributed by atoms with Gasteiger partial charge in [-0.2, -0.15) is 13.9 Å². The summed E-state index contributed by atoms with van der Waals surface area (Å²) in [5, 5.41) is 6.70. The first kappa shape index (κ1) is 19.8. The Kier molecular flexibility index (Phi) is 5.20. The summed E-state index contributed by atoms with van der Waals surface area (Å²) in [6.07, 6.45) is 2.85. The van der Waals surface area contributed by atoms with Gasteiger partial charge in [-0.05, 0) is 25.8 Å². The van der Waals surface area contributed by atoms with Crippen molar-refractivity contribution in [2.24, 2.45) is 0 Å². The summed E-state index contributed by atoms with van der Waals surface area (Å²) in [4.78, 5) is 14.7. The maximum absolute atomic E-state index is 14.2. The van der Waals surface area contributed by atoms with Crippen LogP contribution in [-0.4, -0.2) is 47.4 Å². The number of piperidine rings is 1. The Morgan fingerprint density at radius 2 is 2.21 bits per heavy atom. The Hall–Kier alpha value is -1.55. The molecule has 0 atom stereocenters. The fraction of sp³-hybridized carbons (Fsp3) is 0.556. The monoisotopic (exact) mass is 431 g/mol. The number of hydrogen-bond acceptors (Lipinski definition) is 6. The number of carbonyl (C=O) groups is 1. The number of fused-ring (bicyclic) bond motifs is 2. The molecule has 10 heteroatoms. The SMILES string of the molecule is CCOC(=O)c1n[nH]cc1CN1CCC2(CC1)OCC(F)(F)c1cc(Cl)sc12. The quantitative estimate of drug-likeness (QED) is 0.743. The molecule has 1 spiro atoms. The van der Waals surface area contributed by atoms with E-state index in [0.717, 1.165) is 5.56 Å². The predicted molar refractivity (Wildman–Crippen MR) is 99.9 cm³/mol. The van der Waals surface area contributed by atoms with E-state index in [2.05, 4.69) is 15.1 Å². The summed E-state index contributed by atoms with van der Waals surface area (Å²) in [5.74, 6) is -3.46. The van der Waals surface area contributed by atoms with Gasteiger partial charge in [-0.1, -0.05) is 11.6 Å². The lowest BCUT2D eigenvalue weighted by atomic mass is 9.84. The highest BCUT2D eigenvalue weighted by molar-refractivity contribution is 7.16. The van der Waals surface area contributed by atoms with Crippen molar-refractivity contribution in [3.8, 4) is 0 Å². The van der Waals surface area contributed by atoms with Crippen LogP contribution in [0.3, 0.4) is 0 Å². The van der Waals surface area contributed by atoms with Crippen LogP contribution in [0.1, 0.15) is 46.3 Å². The number of nitrogens with one attached hydrogen (secondary N) is 1. The molecule has 0 bridgehead atoms. The molecule has 0 amide bonds. The maximum atomic E-state index is 14.2. The number of H-pyrrole nitrogens is 1. The van der Waals surface area contributed by atoms with Crippen LogP contribution in [0, 0.1) is 0 Å². The molecule has 1 saturated heterocycles. The molecule has 2 aromatic rings. The van der Waals surface area contributed by atoms with Crippen molar-refractivity contribution in [1.29, 1.82) is 0 Å². The molecule has 0 saturated carbocycles. The summed E-state index contributed by atoms with van der Waals surface area (Å²) in [7, 11) is 0. The number of thiophene rings is 1. The molecular weight excluding hydrogens is 412 g/mol. The first-order valence-electron chi connectivity index (χ1n) is 9.09. The van der Waals surface area contributed by atoms with Crippen molar-refractivity contribution < 1.29 is 23.0 Å². The smallest absolute Gasteiger partial charge is 0.359 e. The highest BCUT2D eigenvalue weighted by Crippen LogP contribution is 2.52. The van der Waals surface area contributed by atoms with Gasteiger partial charge < -0.3 is 9.47 Å². The molecule has 2 aromatic heterocycles. The van der Waals surface area contributed by atoms with Crippen molar-refractivity contribution in [2.45, 2.75) is 37.8 Å². The van der Waals surface area contributed by atoms with Gasteiger partial charge in [0.2, 0.25) is 0 Å². The third-order valence-corrected chi connectivity index (χ3v) is 6.73. The number of halogens is 3. The molecule has 4 heterocycles. The standard InChI is InChI=1S/C18H20ClF2N3O3S/c1-2-26-16(25)14-11(8-22-23-14)9-24-5-3-17(4-6-24)15-12(7-13(19)28-15)18(20,21)10-27-17/h7-8H,2-6,9-10H2,1H3,(H,22,23). The number of aromatic nitrogens is 2. The van der Waals surface area contributed by atoms with Crippen LogP contribution in [0.5, 0.6) is 0 Å². The number of ether oxygens (including phenoxy) is 2. The van der Waals surface area contributed by atoms with E-state index in [0.29, 0.717) is 41.7 Å². The van der Waals surface area contributed by atoms with Crippen LogP contribution >= 0.6 is 22.9 Å². The number of aromatic amines is 1. The number of carbonyl (C=O) groups excluding carboxylic acids is 1. The van der Waals surface area contributed by atoms with Crippen LogP contribution in [-0.2, 0) is 27.5 Å². The van der Waals surface area contributed by atoms with E-state index in [9.17, 15) is 13.6 Å². The van der Waals surface area contributed by atoms with Gasteiger partial charge in [-0.3, -0.25) is 10.00 Å². The van der Waals surface area contributed by atoms with Crippen molar-refractivity contribution in [2.75, 3.05) is 26.3 Å². The van der Waals surface area contributed by atoms with E-state index in [1.54, 1.807) is 13.1 Å². The van der Waals surface area contributed by atoms with Crippen LogP contribution < -0.4 is 0 Å². The average molecular weight is 432 g/mol. The van der Waals surface area contributed by atoms with Gasteiger partial charge in [0, 0.05) is 41.8 Å². The fourth-order valence-electron chi connectivity index (χ4n) is 3.84. The molecule has 1 N–H and O–H groups in total. The van der Waals surface area contributed by atoms with Crippen molar-refractivity contribution >= 4 is 28.9 Å². The molecule has 0 aromatic carbocycles. The summed E-state index contributed by atoms with van der Waals surface area (Å²) >= 11 is 7.22. The summed E-state index contributed by atoms with van der Waals surface area (Å²) in [6, 6.07) is 1.37. The number of esters is 1.